The molecule has 0 aliphatic heterocycles. The Bertz CT molecular complexity index is 585. The number of carboxylic acids is 1. The van der Waals surface area contributed by atoms with Gasteiger partial charge in [-0.25, -0.2) is 0 Å². The van der Waals surface area contributed by atoms with Gasteiger partial charge in [-0.1, -0.05) is 123 Å². The van der Waals surface area contributed by atoms with Crippen LogP contribution in [0.15, 0.2) is 0 Å². The number of nitrogens with zero attached hydrogens (tertiary/aromatic N) is 1. The van der Waals surface area contributed by atoms with Crippen molar-refractivity contribution >= 4 is 11.9 Å². The van der Waals surface area contributed by atoms with Crippen LogP contribution in [0.4, 0.5) is 0 Å². The van der Waals surface area contributed by atoms with Crippen LogP contribution in [-0.4, -0.2) is 59.4 Å². The van der Waals surface area contributed by atoms with Crippen molar-refractivity contribution in [2.75, 3.05) is 26.2 Å². The molecule has 42 heavy (non-hydrogen) atoms. The molecule has 250 valence electrons. The summed E-state index contributed by atoms with van der Waals surface area (Å²) in [4.78, 5) is 25.6. The van der Waals surface area contributed by atoms with Crippen LogP contribution in [-0.2, 0) is 14.3 Å². The van der Waals surface area contributed by atoms with Gasteiger partial charge < -0.3 is 19.8 Å². The molecule has 6 nitrogen and oxygen atoms in total. The predicted molar refractivity (Wildman–Crippen MR) is 177 cm³/mol. The molecular formula is C36H71NO5. The van der Waals surface area contributed by atoms with E-state index in [1.165, 1.54) is 83.5 Å². The zero-order valence-corrected chi connectivity index (χ0v) is 28.1. The van der Waals surface area contributed by atoms with E-state index in [9.17, 15) is 14.7 Å². The first kappa shape index (κ1) is 40.9. The maximum absolute atomic E-state index is 12.6. The second-order valence-corrected chi connectivity index (χ2v) is 12.6. The lowest BCUT2D eigenvalue weighted by atomic mass is 10.0. The van der Waals surface area contributed by atoms with Crippen molar-refractivity contribution in [2.24, 2.45) is 0 Å². The molecule has 6 heteroatoms. The fourth-order valence-electron chi connectivity index (χ4n) is 5.74. The maximum Gasteiger partial charge on any atom is 0.306 e. The highest BCUT2D eigenvalue weighted by molar-refractivity contribution is 5.69. The van der Waals surface area contributed by atoms with Crippen LogP contribution in [0.3, 0.4) is 0 Å². The third-order valence-corrected chi connectivity index (χ3v) is 8.44. The molecule has 2 N–H and O–H groups in total. The maximum atomic E-state index is 12.6. The molecule has 0 aliphatic rings. The van der Waals surface area contributed by atoms with Gasteiger partial charge in [0.05, 0.1) is 6.61 Å². The summed E-state index contributed by atoms with van der Waals surface area (Å²) in [5, 5.41) is 18.1. The quantitative estimate of drug-likeness (QED) is 0.0567. The van der Waals surface area contributed by atoms with Gasteiger partial charge in [0.25, 0.3) is 0 Å². The Morgan fingerprint density at radius 3 is 1.40 bits per heavy atom. The first-order valence-electron chi connectivity index (χ1n) is 18.3. The van der Waals surface area contributed by atoms with Gasteiger partial charge in [0, 0.05) is 19.4 Å². The monoisotopic (exact) mass is 598 g/mol. The lowest BCUT2D eigenvalue weighted by Crippen LogP contribution is -2.29. The Morgan fingerprint density at radius 1 is 0.548 bits per heavy atom. The second kappa shape index (κ2) is 32.8. The third kappa shape index (κ3) is 30.3. The van der Waals surface area contributed by atoms with Crippen molar-refractivity contribution in [2.45, 2.75) is 193 Å². The summed E-state index contributed by atoms with van der Waals surface area (Å²) in [7, 11) is 0. The molecule has 0 aromatic carbocycles. The van der Waals surface area contributed by atoms with Crippen LogP contribution >= 0.6 is 0 Å². The van der Waals surface area contributed by atoms with E-state index < -0.39 is 5.97 Å². The van der Waals surface area contributed by atoms with Gasteiger partial charge in [-0.3, -0.25) is 9.59 Å². The number of carboxylic acid groups (broad SMARTS) is 1. The highest BCUT2D eigenvalue weighted by Gasteiger charge is 2.14. The fourth-order valence-corrected chi connectivity index (χ4v) is 5.74. The summed E-state index contributed by atoms with van der Waals surface area (Å²) in [6, 6.07) is 0. The number of unbranched alkanes of at least 4 members (excludes halogenated alkanes) is 19. The number of aliphatic hydroxyl groups excluding tert-OH is 1. The van der Waals surface area contributed by atoms with E-state index in [1.807, 2.05) is 0 Å². The Hall–Kier alpha value is -1.14. The second-order valence-electron chi connectivity index (χ2n) is 12.6. The highest BCUT2D eigenvalue weighted by atomic mass is 16.5. The summed E-state index contributed by atoms with van der Waals surface area (Å²) >= 11 is 0. The van der Waals surface area contributed by atoms with E-state index in [4.69, 9.17) is 9.84 Å². The minimum Gasteiger partial charge on any atom is -0.481 e. The summed E-state index contributed by atoms with van der Waals surface area (Å²) in [5.41, 5.74) is 0. The van der Waals surface area contributed by atoms with Crippen molar-refractivity contribution in [3.63, 3.8) is 0 Å². The van der Waals surface area contributed by atoms with Gasteiger partial charge in [-0.15, -0.1) is 0 Å². The molecule has 0 aromatic rings. The van der Waals surface area contributed by atoms with E-state index in [0.29, 0.717) is 6.42 Å². The number of rotatable bonds is 34. The molecule has 0 rings (SSSR count). The summed E-state index contributed by atoms with van der Waals surface area (Å²) in [6.07, 6.45) is 30.3. The van der Waals surface area contributed by atoms with Crippen LogP contribution in [0, 0.1) is 0 Å². The van der Waals surface area contributed by atoms with Crippen molar-refractivity contribution in [1.82, 2.24) is 4.90 Å². The van der Waals surface area contributed by atoms with Gasteiger partial charge in [-0.2, -0.15) is 0 Å². The minimum atomic E-state index is -0.703. The van der Waals surface area contributed by atoms with Crippen molar-refractivity contribution in [3.8, 4) is 0 Å². The average molecular weight is 598 g/mol. The molecular weight excluding hydrogens is 526 g/mol. The van der Waals surface area contributed by atoms with Gasteiger partial charge >= 0.3 is 11.9 Å². The summed E-state index contributed by atoms with van der Waals surface area (Å²) in [6.45, 7) is 7.45. The summed E-state index contributed by atoms with van der Waals surface area (Å²) < 4.78 is 5.99. The van der Waals surface area contributed by atoms with E-state index in [-0.39, 0.29) is 25.1 Å². The molecule has 0 aromatic heterocycles. The van der Waals surface area contributed by atoms with Crippen LogP contribution in [0.2, 0.25) is 0 Å². The Balaban J connectivity index is 4.06. The van der Waals surface area contributed by atoms with Crippen molar-refractivity contribution in [3.05, 3.63) is 0 Å². The molecule has 0 heterocycles. The van der Waals surface area contributed by atoms with Crippen LogP contribution in [0.1, 0.15) is 187 Å². The van der Waals surface area contributed by atoms with Crippen molar-refractivity contribution < 1.29 is 24.5 Å². The van der Waals surface area contributed by atoms with E-state index >= 15 is 0 Å². The largest absolute Gasteiger partial charge is 0.481 e. The van der Waals surface area contributed by atoms with Gasteiger partial charge in [0.2, 0.25) is 0 Å². The fraction of sp³-hybridized carbons (Fsp3) is 0.944. The number of aliphatic hydroxyl groups is 1. The first-order chi connectivity index (χ1) is 20.5. The number of esters is 1. The number of aliphatic carboxylic acids is 1. The molecule has 1 unspecified atom stereocenters. The number of carbonyl (C=O) groups is 2. The van der Waals surface area contributed by atoms with Gasteiger partial charge in [-0.05, 0) is 64.5 Å². The zero-order valence-electron chi connectivity index (χ0n) is 28.1. The van der Waals surface area contributed by atoms with Crippen LogP contribution in [0.5, 0.6) is 0 Å². The standard InChI is InChI=1S/C36H71NO5/c1-3-5-7-9-11-15-21-27-34(26-20-14-10-8-6-4-2)42-36(41)29-23-17-13-19-25-31-37(32-33-38)30-24-18-12-16-22-28-35(39)40/h34,38H,3-33H2,1-2H3,(H,39,40). The summed E-state index contributed by atoms with van der Waals surface area (Å²) in [5.74, 6) is -0.698. The molecule has 0 fully saturated rings. The first-order valence-corrected chi connectivity index (χ1v) is 18.3. The van der Waals surface area contributed by atoms with Crippen molar-refractivity contribution in [1.29, 1.82) is 0 Å². The number of hydrogen-bond acceptors (Lipinski definition) is 5. The van der Waals surface area contributed by atoms with Gasteiger partial charge in [0.1, 0.15) is 6.10 Å². The minimum absolute atomic E-state index is 0.00556. The lowest BCUT2D eigenvalue weighted by molar-refractivity contribution is -0.150. The zero-order chi connectivity index (χ0) is 30.9. The molecule has 1 atom stereocenters. The number of hydrogen-bond donors (Lipinski definition) is 2. The topological polar surface area (TPSA) is 87.1 Å². The third-order valence-electron chi connectivity index (χ3n) is 8.44. The number of carbonyl (C=O) groups excluding carboxylic acids is 1. The van der Waals surface area contributed by atoms with E-state index in [2.05, 4.69) is 18.7 Å². The predicted octanol–water partition coefficient (Wildman–Crippen LogP) is 9.85. The van der Waals surface area contributed by atoms with Crippen LogP contribution in [0.25, 0.3) is 0 Å². The molecule has 0 aliphatic carbocycles. The molecule has 0 radical (unpaired) electrons. The molecule has 0 saturated carbocycles. The normalized spacial score (nSPS) is 12.2. The van der Waals surface area contributed by atoms with Crippen LogP contribution < -0.4 is 0 Å². The molecule has 0 bridgehead atoms. The Labute approximate surface area is 260 Å². The number of ether oxygens (including phenoxy) is 1. The molecule has 0 amide bonds. The van der Waals surface area contributed by atoms with E-state index in [1.54, 1.807) is 0 Å². The highest BCUT2D eigenvalue weighted by Crippen LogP contribution is 2.18. The Kier molecular flexibility index (Phi) is 31.9. The van der Waals surface area contributed by atoms with E-state index in [0.717, 1.165) is 96.7 Å². The lowest BCUT2D eigenvalue weighted by Gasteiger charge is -2.21. The Morgan fingerprint density at radius 2 is 0.952 bits per heavy atom. The SMILES string of the molecule is CCCCCCCCCC(CCCCCCCC)OC(=O)CCCCCCCN(CCO)CCCCCCCC(=O)O. The smallest absolute Gasteiger partial charge is 0.306 e. The van der Waals surface area contributed by atoms with Gasteiger partial charge in [0.15, 0.2) is 0 Å². The molecule has 0 spiro atoms. The molecule has 0 saturated heterocycles. The average Bonchev–Trinajstić information content (AvgIpc) is 2.96.